The molecule has 3 aromatic rings. The number of likely N-dealkylation sites (tertiary alicyclic amines) is 1. The molecule has 4 rings (SSSR count). The van der Waals surface area contributed by atoms with Gasteiger partial charge in [0, 0.05) is 62.5 Å². The topological polar surface area (TPSA) is 88.8 Å². The van der Waals surface area contributed by atoms with Crippen molar-refractivity contribution in [3.8, 4) is 0 Å². The lowest BCUT2D eigenvalue weighted by molar-refractivity contribution is -0.127. The number of anilines is 2. The molecule has 0 bridgehead atoms. The van der Waals surface area contributed by atoms with Gasteiger partial charge in [-0.1, -0.05) is 6.07 Å². The normalized spacial score (nSPS) is 16.9. The molecule has 0 spiro atoms. The zero-order chi connectivity index (χ0) is 20.1. The average Bonchev–Trinajstić information content (AvgIpc) is 3.18. The lowest BCUT2D eigenvalue weighted by Gasteiger charge is -2.32. The molecule has 1 amide bonds. The van der Waals surface area contributed by atoms with E-state index < -0.39 is 0 Å². The molecule has 0 aliphatic carbocycles. The minimum atomic E-state index is 0.00155. The van der Waals surface area contributed by atoms with E-state index in [4.69, 9.17) is 0 Å². The molecule has 3 aromatic heterocycles. The van der Waals surface area contributed by atoms with E-state index in [1.165, 1.54) is 0 Å². The number of pyridine rings is 1. The summed E-state index contributed by atoms with van der Waals surface area (Å²) >= 11 is 0. The van der Waals surface area contributed by atoms with E-state index in [1.807, 2.05) is 36.3 Å². The molecule has 4 heterocycles. The number of carbonyl (C=O) groups excluding carboxylic acids is 1. The highest BCUT2D eigenvalue weighted by Gasteiger charge is 2.27. The summed E-state index contributed by atoms with van der Waals surface area (Å²) in [6, 6.07) is 5.67. The second-order valence-electron chi connectivity index (χ2n) is 7.03. The zero-order valence-electron chi connectivity index (χ0n) is 16.3. The lowest BCUT2D eigenvalue weighted by Crippen LogP contribution is -2.38. The number of hydrogen-bond donors (Lipinski definition) is 1. The Morgan fingerprint density at radius 2 is 2.10 bits per heavy atom. The van der Waals surface area contributed by atoms with Crippen molar-refractivity contribution in [3.63, 3.8) is 0 Å². The highest BCUT2D eigenvalue weighted by Crippen LogP contribution is 2.30. The van der Waals surface area contributed by atoms with Crippen LogP contribution in [0.4, 0.5) is 11.6 Å². The summed E-state index contributed by atoms with van der Waals surface area (Å²) in [5.74, 6) is 1.54. The van der Waals surface area contributed by atoms with Crippen LogP contribution in [0.1, 0.15) is 30.0 Å². The van der Waals surface area contributed by atoms with Gasteiger partial charge in [-0.3, -0.25) is 14.5 Å². The molecule has 1 atom stereocenters. The predicted molar refractivity (Wildman–Crippen MR) is 110 cm³/mol. The minimum Gasteiger partial charge on any atom is -0.338 e. The number of nitrogens with zero attached hydrogens (tertiary/aromatic N) is 6. The van der Waals surface area contributed by atoms with Crippen molar-refractivity contribution in [1.82, 2.24) is 29.6 Å². The van der Waals surface area contributed by atoms with Crippen LogP contribution in [0.25, 0.3) is 6.08 Å². The fraction of sp³-hybridized carbons (Fsp3) is 0.286. The number of aryl methyl sites for hydroxylation is 1. The van der Waals surface area contributed by atoms with Crippen LogP contribution >= 0.6 is 0 Å². The van der Waals surface area contributed by atoms with Gasteiger partial charge in [0.2, 0.25) is 5.91 Å². The summed E-state index contributed by atoms with van der Waals surface area (Å²) in [6.07, 6.45) is 14.0. The van der Waals surface area contributed by atoms with E-state index in [9.17, 15) is 4.79 Å². The molecular weight excluding hydrogens is 366 g/mol. The lowest BCUT2D eigenvalue weighted by atomic mass is 9.94. The second kappa shape index (κ2) is 8.64. The zero-order valence-corrected chi connectivity index (χ0v) is 16.3. The molecular formula is C21H23N7O. The fourth-order valence-electron chi connectivity index (χ4n) is 3.50. The number of aromatic nitrogens is 5. The van der Waals surface area contributed by atoms with Crippen molar-refractivity contribution >= 4 is 23.6 Å². The Kier molecular flexibility index (Phi) is 5.60. The van der Waals surface area contributed by atoms with Crippen LogP contribution in [0.3, 0.4) is 0 Å². The summed E-state index contributed by atoms with van der Waals surface area (Å²) in [5, 5.41) is 7.37. The van der Waals surface area contributed by atoms with Crippen LogP contribution in [0.5, 0.6) is 0 Å². The highest BCUT2D eigenvalue weighted by atomic mass is 16.2. The van der Waals surface area contributed by atoms with Crippen LogP contribution in [0, 0.1) is 0 Å². The van der Waals surface area contributed by atoms with E-state index in [1.54, 1.807) is 41.6 Å². The molecule has 1 aliphatic heterocycles. The maximum Gasteiger partial charge on any atom is 0.246 e. The molecule has 29 heavy (non-hydrogen) atoms. The number of hydrogen-bond acceptors (Lipinski definition) is 6. The molecule has 8 nitrogen and oxygen atoms in total. The Balaban J connectivity index is 1.47. The Morgan fingerprint density at radius 3 is 2.90 bits per heavy atom. The van der Waals surface area contributed by atoms with Gasteiger partial charge in [0.15, 0.2) is 5.82 Å². The molecule has 8 heteroatoms. The quantitative estimate of drug-likeness (QED) is 0.675. The summed E-state index contributed by atoms with van der Waals surface area (Å²) in [4.78, 5) is 27.9. The predicted octanol–water partition coefficient (Wildman–Crippen LogP) is 2.77. The number of carbonyl (C=O) groups is 1. The van der Waals surface area contributed by atoms with Crippen LogP contribution < -0.4 is 5.32 Å². The van der Waals surface area contributed by atoms with Crippen molar-refractivity contribution < 1.29 is 4.79 Å². The third kappa shape index (κ3) is 4.66. The first-order chi connectivity index (χ1) is 14.2. The van der Waals surface area contributed by atoms with Gasteiger partial charge in [-0.05, 0) is 31.1 Å². The Morgan fingerprint density at radius 1 is 1.21 bits per heavy atom. The van der Waals surface area contributed by atoms with E-state index in [0.29, 0.717) is 12.4 Å². The summed E-state index contributed by atoms with van der Waals surface area (Å²) in [7, 11) is 1.85. The Labute approximate surface area is 169 Å². The number of nitrogens with one attached hydrogen (secondary N) is 1. The summed E-state index contributed by atoms with van der Waals surface area (Å²) < 4.78 is 1.71. The van der Waals surface area contributed by atoms with Gasteiger partial charge < -0.3 is 10.2 Å². The van der Waals surface area contributed by atoms with Crippen molar-refractivity contribution in [2.24, 2.45) is 7.05 Å². The van der Waals surface area contributed by atoms with Gasteiger partial charge in [-0.2, -0.15) is 5.10 Å². The first kappa shape index (κ1) is 18.8. The van der Waals surface area contributed by atoms with Gasteiger partial charge in [-0.15, -0.1) is 0 Å². The second-order valence-corrected chi connectivity index (χ2v) is 7.03. The van der Waals surface area contributed by atoms with Crippen LogP contribution in [0.15, 0.2) is 55.3 Å². The number of rotatable bonds is 5. The molecule has 0 unspecified atom stereocenters. The maximum atomic E-state index is 12.7. The molecule has 0 saturated carbocycles. The largest absolute Gasteiger partial charge is 0.338 e. The van der Waals surface area contributed by atoms with Crippen molar-refractivity contribution in [3.05, 3.63) is 66.5 Å². The number of piperidine rings is 1. The molecule has 0 radical (unpaired) electrons. The van der Waals surface area contributed by atoms with Gasteiger partial charge >= 0.3 is 0 Å². The van der Waals surface area contributed by atoms with Crippen molar-refractivity contribution in [1.29, 1.82) is 0 Å². The smallest absolute Gasteiger partial charge is 0.246 e. The van der Waals surface area contributed by atoms with E-state index in [-0.39, 0.29) is 11.8 Å². The molecule has 148 valence electrons. The summed E-state index contributed by atoms with van der Waals surface area (Å²) in [5.41, 5.74) is 1.78. The van der Waals surface area contributed by atoms with E-state index >= 15 is 0 Å². The van der Waals surface area contributed by atoms with Crippen LogP contribution in [-0.4, -0.2) is 48.6 Å². The van der Waals surface area contributed by atoms with E-state index in [0.717, 1.165) is 36.5 Å². The highest BCUT2D eigenvalue weighted by molar-refractivity contribution is 5.91. The molecule has 1 aliphatic rings. The average molecular weight is 389 g/mol. The van der Waals surface area contributed by atoms with Gasteiger partial charge in [0.25, 0.3) is 0 Å². The Bertz CT molecular complexity index is 999. The first-order valence-electron chi connectivity index (χ1n) is 9.63. The van der Waals surface area contributed by atoms with Crippen LogP contribution in [0.2, 0.25) is 0 Å². The third-order valence-corrected chi connectivity index (χ3v) is 4.90. The van der Waals surface area contributed by atoms with Crippen molar-refractivity contribution in [2.75, 3.05) is 18.4 Å². The fourth-order valence-corrected chi connectivity index (χ4v) is 3.50. The molecule has 0 aromatic carbocycles. The van der Waals surface area contributed by atoms with Gasteiger partial charge in [0.1, 0.15) is 5.82 Å². The minimum absolute atomic E-state index is 0.00155. The van der Waals surface area contributed by atoms with Gasteiger partial charge in [0.05, 0.1) is 11.9 Å². The Hall–Kier alpha value is -3.55. The molecule has 1 fully saturated rings. The first-order valence-corrected chi connectivity index (χ1v) is 9.63. The number of amides is 1. The molecule has 1 N–H and O–H groups in total. The summed E-state index contributed by atoms with van der Waals surface area (Å²) in [6.45, 7) is 1.36. The maximum absolute atomic E-state index is 12.7. The monoisotopic (exact) mass is 389 g/mol. The van der Waals surface area contributed by atoms with Crippen molar-refractivity contribution in [2.45, 2.75) is 18.8 Å². The van der Waals surface area contributed by atoms with Crippen LogP contribution in [-0.2, 0) is 11.8 Å². The van der Waals surface area contributed by atoms with E-state index in [2.05, 4.69) is 25.4 Å². The standard InChI is InChI=1S/C21H23N7O/c1-27-14-16(13-25-27)7-8-19(29)28-12-4-5-17(15-28)20-21(24-11-10-23-20)26-18-6-2-3-9-22-18/h2-3,6-11,13-14,17H,4-5,12,15H2,1H3,(H,22,24,26)/b8-7+/t17-/m1/s1. The van der Waals surface area contributed by atoms with Gasteiger partial charge in [-0.25, -0.2) is 9.97 Å². The SMILES string of the molecule is Cn1cc(/C=C/C(=O)N2CCC[C@@H](c3nccnc3Nc3ccccn3)C2)cn1. The molecule has 1 saturated heterocycles. The third-order valence-electron chi connectivity index (χ3n) is 4.90.